The summed E-state index contributed by atoms with van der Waals surface area (Å²) < 4.78 is 35.0. The fourth-order valence-electron chi connectivity index (χ4n) is 6.62. The molecule has 4 saturated heterocycles. The van der Waals surface area contributed by atoms with Crippen LogP contribution in [0.3, 0.4) is 0 Å². The molecule has 58 heavy (non-hydrogen) atoms. The molecule has 0 radical (unpaired) electrons. The Bertz CT molecular complexity index is 1680. The van der Waals surface area contributed by atoms with Crippen LogP contribution in [0, 0.1) is 0 Å². The number of ether oxygens (including phenoxy) is 6. The van der Waals surface area contributed by atoms with E-state index in [0.717, 1.165) is 0 Å². The second-order valence-electron chi connectivity index (χ2n) is 14.0. The predicted molar refractivity (Wildman–Crippen MR) is 181 cm³/mol. The number of aliphatic hydroxyl groups excluding tert-OH is 10. The number of hydroxylamine groups is 2. The molecule has 0 aliphatic carbocycles. The summed E-state index contributed by atoms with van der Waals surface area (Å²) in [5, 5.41) is 112. The number of rotatable bonds is 15. The number of nitrogens with zero attached hydrogens (tertiary/aromatic N) is 4. The summed E-state index contributed by atoms with van der Waals surface area (Å²) in [4.78, 5) is 40.6. The van der Waals surface area contributed by atoms with Crippen LogP contribution in [0.4, 0.5) is 0 Å². The molecule has 0 saturated carbocycles. The van der Waals surface area contributed by atoms with Gasteiger partial charge in [0.05, 0.1) is 45.6 Å². The molecule has 4 fully saturated rings. The van der Waals surface area contributed by atoms with Crippen LogP contribution in [0.15, 0.2) is 30.5 Å². The smallest absolute Gasteiger partial charge is 0.337 e. The van der Waals surface area contributed by atoms with Crippen LogP contribution in [-0.2, 0) is 60.6 Å². The summed E-state index contributed by atoms with van der Waals surface area (Å²) in [7, 11) is 0. The Labute approximate surface area is 328 Å². The molecule has 1 aromatic carbocycles. The van der Waals surface area contributed by atoms with Gasteiger partial charge in [-0.1, -0.05) is 29.5 Å². The molecule has 0 bridgehead atoms. The molecule has 4 aliphatic rings. The maximum atomic E-state index is 12.3. The van der Waals surface area contributed by atoms with Crippen LogP contribution in [0.25, 0.3) is 11.3 Å². The van der Waals surface area contributed by atoms with E-state index in [0.29, 0.717) is 21.9 Å². The molecule has 0 unspecified atom stereocenters. The van der Waals surface area contributed by atoms with Crippen LogP contribution in [-0.4, -0.2) is 207 Å². The highest BCUT2D eigenvalue weighted by atomic mass is 16.8. The Hall–Kier alpha value is -3.67. The van der Waals surface area contributed by atoms with Crippen molar-refractivity contribution in [3.05, 3.63) is 36.0 Å². The first-order valence-electron chi connectivity index (χ1n) is 18.3. The molecule has 24 nitrogen and oxygen atoms in total. The molecule has 4 aliphatic heterocycles. The highest BCUT2D eigenvalue weighted by Crippen LogP contribution is 2.31. The van der Waals surface area contributed by atoms with Gasteiger partial charge in [0.1, 0.15) is 78.9 Å². The van der Waals surface area contributed by atoms with Gasteiger partial charge in [0.15, 0.2) is 18.9 Å². The zero-order valence-corrected chi connectivity index (χ0v) is 30.5. The zero-order chi connectivity index (χ0) is 41.8. The third kappa shape index (κ3) is 9.68. The predicted octanol–water partition coefficient (Wildman–Crippen LogP) is -6.44. The topological polar surface area (TPSA) is 352 Å². The number of aromatic nitrogens is 3. The van der Waals surface area contributed by atoms with E-state index in [1.54, 1.807) is 30.5 Å². The molecule has 24 heteroatoms. The van der Waals surface area contributed by atoms with Crippen LogP contribution in [0.2, 0.25) is 0 Å². The van der Waals surface area contributed by atoms with E-state index in [-0.39, 0.29) is 32.4 Å². The van der Waals surface area contributed by atoms with Gasteiger partial charge < -0.3 is 84.3 Å². The summed E-state index contributed by atoms with van der Waals surface area (Å²) in [6, 6.07) is 6.59. The molecule has 2 aromatic rings. The molecular weight excluding hydrogens is 784 g/mol. The van der Waals surface area contributed by atoms with Gasteiger partial charge in [0, 0.05) is 18.4 Å². The third-order valence-electron chi connectivity index (χ3n) is 9.99. The van der Waals surface area contributed by atoms with Crippen molar-refractivity contribution in [3.8, 4) is 11.3 Å². The highest BCUT2D eigenvalue weighted by Gasteiger charge is 2.52. The number of carbonyl (C=O) groups is 3. The van der Waals surface area contributed by atoms with E-state index in [9.17, 15) is 65.4 Å². The van der Waals surface area contributed by atoms with Gasteiger partial charge in [-0.2, -0.15) is 0 Å². The minimum Gasteiger partial charge on any atom is -0.394 e. The van der Waals surface area contributed by atoms with Crippen molar-refractivity contribution in [2.24, 2.45) is 0 Å². The summed E-state index contributed by atoms with van der Waals surface area (Å²) in [6.45, 7) is -2.32. The van der Waals surface area contributed by atoms with Gasteiger partial charge in [-0.3, -0.25) is 9.59 Å². The van der Waals surface area contributed by atoms with Crippen molar-refractivity contribution in [2.45, 2.75) is 118 Å². The average molecular weight is 831 g/mol. The van der Waals surface area contributed by atoms with Crippen LogP contribution in [0.1, 0.15) is 18.4 Å². The number of hydrogen-bond acceptors (Lipinski definition) is 22. The van der Waals surface area contributed by atoms with Gasteiger partial charge in [-0.05, 0) is 5.56 Å². The van der Waals surface area contributed by atoms with Crippen molar-refractivity contribution >= 4 is 17.8 Å². The molecule has 5 heterocycles. The van der Waals surface area contributed by atoms with Crippen LogP contribution >= 0.6 is 0 Å². The van der Waals surface area contributed by atoms with Gasteiger partial charge >= 0.3 is 5.97 Å². The largest absolute Gasteiger partial charge is 0.394 e. The fraction of sp³-hybridized carbons (Fsp3) is 0.676. The van der Waals surface area contributed by atoms with Gasteiger partial charge in [0.25, 0.3) is 11.8 Å². The molecule has 6 rings (SSSR count). The van der Waals surface area contributed by atoms with E-state index >= 15 is 0 Å². The maximum absolute atomic E-state index is 12.3. The van der Waals surface area contributed by atoms with Gasteiger partial charge in [-0.25, -0.2) is 9.48 Å². The number of hydrogen-bond donors (Lipinski definition) is 10. The third-order valence-corrected chi connectivity index (χ3v) is 9.99. The summed E-state index contributed by atoms with van der Waals surface area (Å²) in [6.07, 6.45) is -23.9. The fourth-order valence-corrected chi connectivity index (χ4v) is 6.62. The SMILES string of the molecule is O=C(Cc1ccc(-c2cn(CCO[C@H]3O[C@H](CO[C@H]4O[C@H](CO)[C@@H](O)[C@H](O)[C@@H]4O)[C@@H](O)[C@H](O[C@H]4O[C@H](CO)[C@@H](O)[C@H](O)[C@@H]4O)[C@@H]3O)nn2)cc1)ON1C(=O)CCC1=O. The van der Waals surface area contributed by atoms with E-state index in [2.05, 4.69) is 10.3 Å². The summed E-state index contributed by atoms with van der Waals surface area (Å²) in [5.74, 6) is -1.96. The Morgan fingerprint density at radius 1 is 0.707 bits per heavy atom. The van der Waals surface area contributed by atoms with Crippen LogP contribution in [0.5, 0.6) is 0 Å². The Morgan fingerprint density at radius 2 is 1.28 bits per heavy atom. The lowest BCUT2D eigenvalue weighted by atomic mass is 9.96. The lowest BCUT2D eigenvalue weighted by Gasteiger charge is -2.46. The number of amides is 2. The Balaban J connectivity index is 1.08. The molecule has 10 N–H and O–H groups in total. The minimum absolute atomic E-state index is 0.0228. The maximum Gasteiger partial charge on any atom is 0.337 e. The first kappa shape index (κ1) is 43.9. The number of benzene rings is 1. The highest BCUT2D eigenvalue weighted by molar-refractivity contribution is 6.01. The second kappa shape index (κ2) is 19.1. The lowest BCUT2D eigenvalue weighted by molar-refractivity contribution is -0.366. The Kier molecular flexibility index (Phi) is 14.5. The lowest BCUT2D eigenvalue weighted by Crippen LogP contribution is -2.65. The standard InChI is InChI=1S/C34H46N4O20/c39-11-17-23(44)26(47)28(49)32(54-17)53-13-19-25(46)31(57-34-29(50)27(48)24(45)18(12-40)55-34)30(51)33(56-19)52-8-7-37-10-16(35-36-37)15-3-1-14(2-4-15)9-22(43)58-38-20(41)5-6-21(38)42/h1-4,10,17-19,23-34,39-40,44-51H,5-9,11-13H2/t17-,18-,19-,23-,24-,25-,26+,27+,28+,29+,30+,31+,32+,33+,34-/m1/s1. The zero-order valence-electron chi connectivity index (χ0n) is 30.5. The number of imide groups is 1. The van der Waals surface area contributed by atoms with Crippen molar-refractivity contribution in [3.63, 3.8) is 0 Å². The molecule has 322 valence electrons. The Morgan fingerprint density at radius 3 is 1.90 bits per heavy atom. The van der Waals surface area contributed by atoms with Crippen molar-refractivity contribution < 1.29 is 98.7 Å². The number of aliphatic hydroxyl groups is 10. The van der Waals surface area contributed by atoms with E-state index in [1.807, 2.05) is 0 Å². The molecular formula is C34H46N4O20. The molecule has 15 atom stereocenters. The second-order valence-corrected chi connectivity index (χ2v) is 14.0. The van der Waals surface area contributed by atoms with Gasteiger partial charge in [-0.15, -0.1) is 10.2 Å². The van der Waals surface area contributed by atoms with Crippen molar-refractivity contribution in [1.82, 2.24) is 20.1 Å². The molecule has 1 aromatic heterocycles. The summed E-state index contributed by atoms with van der Waals surface area (Å²) in [5.41, 5.74) is 1.58. The average Bonchev–Trinajstić information content (AvgIpc) is 3.82. The normalized spacial score (nSPS) is 37.0. The van der Waals surface area contributed by atoms with E-state index < -0.39 is 130 Å². The first-order chi connectivity index (χ1) is 27.7. The quantitative estimate of drug-likeness (QED) is 0.0746. The first-order valence-corrected chi connectivity index (χ1v) is 18.3. The van der Waals surface area contributed by atoms with E-state index in [4.69, 9.17) is 33.3 Å². The van der Waals surface area contributed by atoms with Crippen molar-refractivity contribution in [1.29, 1.82) is 0 Å². The van der Waals surface area contributed by atoms with Gasteiger partial charge in [0.2, 0.25) is 0 Å². The van der Waals surface area contributed by atoms with Crippen molar-refractivity contribution in [2.75, 3.05) is 26.4 Å². The minimum atomic E-state index is -1.91. The van der Waals surface area contributed by atoms with Crippen LogP contribution < -0.4 is 0 Å². The molecule has 0 spiro atoms. The summed E-state index contributed by atoms with van der Waals surface area (Å²) >= 11 is 0. The number of carbonyl (C=O) groups excluding carboxylic acids is 3. The monoisotopic (exact) mass is 830 g/mol. The molecule has 2 amide bonds. The van der Waals surface area contributed by atoms with E-state index in [1.165, 1.54) is 4.68 Å².